The van der Waals surface area contributed by atoms with Crippen LogP contribution in [0.1, 0.15) is 20.3 Å². The van der Waals surface area contributed by atoms with Crippen molar-refractivity contribution in [3.05, 3.63) is 54.2 Å². The number of methoxy groups -OCH3 is 1. The second kappa shape index (κ2) is 10.6. The zero-order chi connectivity index (χ0) is 24.9. The number of nitrogens with zero attached hydrogens (tertiary/aromatic N) is 1. The minimum absolute atomic E-state index is 0.172. The lowest BCUT2D eigenvalue weighted by molar-refractivity contribution is 0.168. The van der Waals surface area contributed by atoms with Gasteiger partial charge >= 0.3 is 6.09 Å². The molecule has 0 aliphatic carbocycles. The van der Waals surface area contributed by atoms with Crippen molar-refractivity contribution < 1.29 is 26.7 Å². The lowest BCUT2D eigenvalue weighted by Gasteiger charge is -2.15. The molecule has 3 aromatic rings. The van der Waals surface area contributed by atoms with Gasteiger partial charge in [-0.3, -0.25) is 4.72 Å². The van der Waals surface area contributed by atoms with Crippen LogP contribution in [0.25, 0.3) is 21.9 Å². The molecule has 3 rings (SSSR count). The average molecular weight is 493 g/mol. The van der Waals surface area contributed by atoms with Gasteiger partial charge in [-0.05, 0) is 48.6 Å². The van der Waals surface area contributed by atoms with Crippen molar-refractivity contribution in [2.45, 2.75) is 26.3 Å². The van der Waals surface area contributed by atoms with Gasteiger partial charge in [-0.25, -0.2) is 27.0 Å². The molecule has 0 aliphatic heterocycles. The normalized spacial score (nSPS) is 12.3. The van der Waals surface area contributed by atoms with Gasteiger partial charge in [-0.1, -0.05) is 19.1 Å². The lowest BCUT2D eigenvalue weighted by Crippen LogP contribution is -2.37. The average Bonchev–Trinajstić information content (AvgIpc) is 2.79. The Bertz CT molecular complexity index is 1300. The molecular formula is C23H26F2N4O4S. The molecule has 0 fully saturated rings. The van der Waals surface area contributed by atoms with Crippen LogP contribution in [0, 0.1) is 11.6 Å². The van der Waals surface area contributed by atoms with Gasteiger partial charge in [0.05, 0.1) is 24.1 Å². The number of ether oxygens (including phenoxy) is 1. The summed E-state index contributed by atoms with van der Waals surface area (Å²) in [4.78, 5) is 15.6. The van der Waals surface area contributed by atoms with Gasteiger partial charge in [0, 0.05) is 24.2 Å². The Morgan fingerprint density at radius 2 is 1.91 bits per heavy atom. The van der Waals surface area contributed by atoms with Crippen LogP contribution in [0.2, 0.25) is 0 Å². The zero-order valence-electron chi connectivity index (χ0n) is 19.0. The molecule has 0 bridgehead atoms. The van der Waals surface area contributed by atoms with Gasteiger partial charge < -0.3 is 15.4 Å². The number of benzene rings is 2. The topological polar surface area (TPSA) is 109 Å². The minimum atomic E-state index is -3.74. The number of pyridine rings is 1. The maximum absolute atomic E-state index is 15.1. The van der Waals surface area contributed by atoms with E-state index in [4.69, 9.17) is 0 Å². The predicted octanol–water partition coefficient (Wildman–Crippen LogP) is 4.49. The Balaban J connectivity index is 1.85. The van der Waals surface area contributed by atoms with E-state index in [1.165, 1.54) is 7.11 Å². The van der Waals surface area contributed by atoms with Crippen LogP contribution in [0.3, 0.4) is 0 Å². The van der Waals surface area contributed by atoms with E-state index in [1.807, 2.05) is 0 Å². The van der Waals surface area contributed by atoms with E-state index in [0.29, 0.717) is 24.2 Å². The third kappa shape index (κ3) is 6.10. The summed E-state index contributed by atoms with van der Waals surface area (Å²) in [5.74, 6) is -1.41. The number of carbonyl (C=O) groups is 1. The molecule has 3 N–H and O–H groups in total. The highest BCUT2D eigenvalue weighted by atomic mass is 32.2. The molecule has 1 heterocycles. The molecule has 0 aliphatic rings. The first-order valence-electron chi connectivity index (χ1n) is 10.6. The predicted molar refractivity (Wildman–Crippen MR) is 128 cm³/mol. The third-order valence-corrected chi connectivity index (χ3v) is 6.46. The summed E-state index contributed by atoms with van der Waals surface area (Å²) in [5, 5.41) is 7.15. The van der Waals surface area contributed by atoms with E-state index in [9.17, 15) is 17.6 Å². The maximum atomic E-state index is 15.1. The monoisotopic (exact) mass is 492 g/mol. The molecule has 34 heavy (non-hydrogen) atoms. The molecule has 0 radical (unpaired) electrons. The minimum Gasteiger partial charge on any atom is -0.453 e. The van der Waals surface area contributed by atoms with Gasteiger partial charge in [0.1, 0.15) is 11.6 Å². The molecule has 1 amide bonds. The van der Waals surface area contributed by atoms with Crippen LogP contribution in [0.5, 0.6) is 0 Å². The van der Waals surface area contributed by atoms with Crippen molar-refractivity contribution in [2.24, 2.45) is 0 Å². The largest absolute Gasteiger partial charge is 0.453 e. The van der Waals surface area contributed by atoms with Crippen LogP contribution < -0.4 is 15.4 Å². The summed E-state index contributed by atoms with van der Waals surface area (Å²) in [7, 11) is -2.45. The van der Waals surface area contributed by atoms with Crippen LogP contribution in [-0.2, 0) is 14.8 Å². The molecule has 1 aromatic heterocycles. The standard InChI is InChI=1S/C23H26F2N4O4S/c1-4-9-34(31,32)29-19-8-7-18(24)21(22(19)25)16-6-5-15-11-20(27-13-17(15)10-16)26-12-14(2)28-23(30)33-3/h5-8,10-11,13-14,29H,4,9,12H2,1-3H3,(H,26,27)(H,28,30). The molecule has 0 saturated carbocycles. The van der Waals surface area contributed by atoms with E-state index in [2.05, 4.69) is 25.1 Å². The van der Waals surface area contributed by atoms with Crippen molar-refractivity contribution in [2.75, 3.05) is 29.4 Å². The van der Waals surface area contributed by atoms with Crippen LogP contribution in [0.15, 0.2) is 42.6 Å². The number of sulfonamides is 1. The van der Waals surface area contributed by atoms with Crippen molar-refractivity contribution in [3.8, 4) is 11.1 Å². The highest BCUT2D eigenvalue weighted by Gasteiger charge is 2.19. The molecule has 0 saturated heterocycles. The number of rotatable bonds is 9. The van der Waals surface area contributed by atoms with E-state index < -0.39 is 27.8 Å². The maximum Gasteiger partial charge on any atom is 0.407 e. The second-order valence-corrected chi connectivity index (χ2v) is 9.60. The third-order valence-electron chi connectivity index (χ3n) is 4.98. The molecule has 1 atom stereocenters. The van der Waals surface area contributed by atoms with Crippen molar-refractivity contribution in [1.82, 2.24) is 10.3 Å². The van der Waals surface area contributed by atoms with Gasteiger partial charge in [0.2, 0.25) is 10.0 Å². The fraction of sp³-hybridized carbons (Fsp3) is 0.304. The first-order chi connectivity index (χ1) is 16.1. The van der Waals surface area contributed by atoms with Crippen molar-refractivity contribution in [1.29, 1.82) is 0 Å². The van der Waals surface area contributed by atoms with Gasteiger partial charge in [-0.2, -0.15) is 0 Å². The molecule has 8 nitrogen and oxygen atoms in total. The summed E-state index contributed by atoms with van der Waals surface area (Å²) in [6.07, 6.45) is 1.39. The summed E-state index contributed by atoms with van der Waals surface area (Å²) in [6, 6.07) is 8.49. The fourth-order valence-corrected chi connectivity index (χ4v) is 4.48. The van der Waals surface area contributed by atoms with E-state index >= 15 is 4.39 Å². The Labute approximate surface area is 196 Å². The van der Waals surface area contributed by atoms with Crippen LogP contribution in [-0.4, -0.2) is 44.9 Å². The highest BCUT2D eigenvalue weighted by Crippen LogP contribution is 2.33. The SMILES string of the molecule is CCCS(=O)(=O)Nc1ccc(F)c(-c2ccc3cc(NCC(C)NC(=O)OC)ncc3c2)c1F. The summed E-state index contributed by atoms with van der Waals surface area (Å²) >= 11 is 0. The number of fused-ring (bicyclic) bond motifs is 1. The molecule has 11 heteroatoms. The Morgan fingerprint density at radius 1 is 1.15 bits per heavy atom. The molecule has 1 unspecified atom stereocenters. The number of aromatic nitrogens is 1. The zero-order valence-corrected chi connectivity index (χ0v) is 19.8. The Hall–Kier alpha value is -3.47. The van der Waals surface area contributed by atoms with E-state index in [0.717, 1.165) is 17.5 Å². The Morgan fingerprint density at radius 3 is 2.62 bits per heavy atom. The number of carbonyl (C=O) groups excluding carboxylic acids is 1. The van der Waals surface area contributed by atoms with Gasteiger partial charge in [-0.15, -0.1) is 0 Å². The summed E-state index contributed by atoms with van der Waals surface area (Å²) < 4.78 is 60.5. The molecule has 182 valence electrons. The lowest BCUT2D eigenvalue weighted by atomic mass is 10.0. The number of amides is 1. The second-order valence-electron chi connectivity index (χ2n) is 7.75. The molecule has 0 spiro atoms. The van der Waals surface area contributed by atoms with E-state index in [-0.39, 0.29) is 28.6 Å². The number of anilines is 2. The van der Waals surface area contributed by atoms with Gasteiger partial charge in [0.15, 0.2) is 5.82 Å². The Kier molecular flexibility index (Phi) is 7.87. The first kappa shape index (κ1) is 25.2. The highest BCUT2D eigenvalue weighted by molar-refractivity contribution is 7.92. The van der Waals surface area contributed by atoms with Crippen molar-refractivity contribution >= 4 is 38.4 Å². The van der Waals surface area contributed by atoms with Crippen LogP contribution >= 0.6 is 0 Å². The number of hydrogen-bond donors (Lipinski definition) is 3. The number of alkyl carbamates (subject to hydrolysis) is 1. The molecular weight excluding hydrogens is 466 g/mol. The smallest absolute Gasteiger partial charge is 0.407 e. The van der Waals surface area contributed by atoms with Crippen molar-refractivity contribution in [3.63, 3.8) is 0 Å². The molecule has 2 aromatic carbocycles. The number of hydrogen-bond acceptors (Lipinski definition) is 6. The van der Waals surface area contributed by atoms with Gasteiger partial charge in [0.25, 0.3) is 0 Å². The number of halogens is 2. The quantitative estimate of drug-likeness (QED) is 0.406. The number of nitrogens with one attached hydrogen (secondary N) is 3. The van der Waals surface area contributed by atoms with E-state index in [1.54, 1.807) is 44.3 Å². The summed E-state index contributed by atoms with van der Waals surface area (Å²) in [5.41, 5.74) is -0.390. The van der Waals surface area contributed by atoms with Crippen LogP contribution in [0.4, 0.5) is 25.1 Å². The fourth-order valence-electron chi connectivity index (χ4n) is 3.35. The first-order valence-corrected chi connectivity index (χ1v) is 12.3. The summed E-state index contributed by atoms with van der Waals surface area (Å²) in [6.45, 7) is 3.90.